The fraction of sp³-hybridized carbons (Fsp3) is 0.276. The van der Waals surface area contributed by atoms with Gasteiger partial charge in [-0.15, -0.1) is 0 Å². The summed E-state index contributed by atoms with van der Waals surface area (Å²) < 4.78 is 64.3. The first kappa shape index (κ1) is 34.3. The van der Waals surface area contributed by atoms with Crippen molar-refractivity contribution in [3.8, 4) is 5.69 Å². The number of rotatable bonds is 9. The number of amides is 1. The summed E-state index contributed by atoms with van der Waals surface area (Å²) in [6.07, 6.45) is 4.51. The number of hydrogen-bond donors (Lipinski definition) is 3. The number of hydrogen-bond acceptors (Lipinski definition) is 8. The van der Waals surface area contributed by atoms with Crippen LogP contribution in [-0.2, 0) is 25.0 Å². The average molecular weight is 646 g/mol. The van der Waals surface area contributed by atoms with Crippen LogP contribution in [0.2, 0.25) is 0 Å². The van der Waals surface area contributed by atoms with E-state index in [9.17, 15) is 26.4 Å². The quantitative estimate of drug-likeness (QED) is 0.231. The molecule has 15 heteroatoms. The highest BCUT2D eigenvalue weighted by Gasteiger charge is 2.28. The van der Waals surface area contributed by atoms with E-state index in [1.54, 1.807) is 13.8 Å². The van der Waals surface area contributed by atoms with Gasteiger partial charge in [0, 0.05) is 5.69 Å². The number of carbonyl (C=O) groups is 1. The van der Waals surface area contributed by atoms with Gasteiger partial charge in [-0.2, -0.15) is 26.9 Å². The van der Waals surface area contributed by atoms with Crippen molar-refractivity contribution in [2.24, 2.45) is 5.10 Å². The molecule has 4 rings (SSSR count). The summed E-state index contributed by atoms with van der Waals surface area (Å²) in [5.74, 6) is -0.469. The number of aromatic nitrogens is 2. The fourth-order valence-electron chi connectivity index (χ4n) is 4.26. The molecule has 2 heterocycles. The summed E-state index contributed by atoms with van der Waals surface area (Å²) in [7, 11) is -8.74. The SMILES string of the molecule is CC1=NN(c2ccc(S(=O)(=O)O)cc2)C(=O)/C1=C\C=C\c1c(C)[nH]n(-c2ccc(S(=O)(=O)O)cc2)c1=O.CCN(CC)CC. The highest BCUT2D eigenvalue weighted by Crippen LogP contribution is 2.25. The normalized spacial score (nSPS) is 14.8. The molecule has 0 unspecified atom stereocenters. The van der Waals surface area contributed by atoms with Gasteiger partial charge in [0.1, 0.15) is 0 Å². The molecule has 0 aliphatic carbocycles. The van der Waals surface area contributed by atoms with Crippen molar-refractivity contribution in [1.29, 1.82) is 0 Å². The van der Waals surface area contributed by atoms with E-state index in [-0.39, 0.29) is 15.4 Å². The summed E-state index contributed by atoms with van der Waals surface area (Å²) in [6.45, 7) is 13.4. The van der Waals surface area contributed by atoms with Gasteiger partial charge in [0.05, 0.1) is 38.0 Å². The van der Waals surface area contributed by atoms with Gasteiger partial charge in [0.15, 0.2) is 0 Å². The van der Waals surface area contributed by atoms with Gasteiger partial charge in [-0.3, -0.25) is 23.8 Å². The molecule has 2 aromatic carbocycles. The van der Waals surface area contributed by atoms with Crippen LogP contribution in [0.1, 0.15) is 39.0 Å². The minimum atomic E-state index is -4.37. The number of benzene rings is 2. The first-order valence-electron chi connectivity index (χ1n) is 13.6. The molecule has 3 aromatic rings. The lowest BCUT2D eigenvalue weighted by Gasteiger charge is -2.13. The molecule has 1 amide bonds. The van der Waals surface area contributed by atoms with E-state index >= 15 is 0 Å². The number of aromatic amines is 1. The molecule has 0 atom stereocenters. The third-order valence-corrected chi connectivity index (χ3v) is 8.55. The largest absolute Gasteiger partial charge is 0.304 e. The van der Waals surface area contributed by atoms with Crippen molar-refractivity contribution in [3.05, 3.63) is 87.9 Å². The number of nitrogens with one attached hydrogen (secondary N) is 1. The first-order chi connectivity index (χ1) is 20.6. The summed E-state index contributed by atoms with van der Waals surface area (Å²) >= 11 is 0. The van der Waals surface area contributed by atoms with Crippen molar-refractivity contribution in [3.63, 3.8) is 0 Å². The Bertz CT molecular complexity index is 1860. The lowest BCUT2D eigenvalue weighted by molar-refractivity contribution is -0.114. The zero-order valence-electron chi connectivity index (χ0n) is 24.9. The van der Waals surface area contributed by atoms with E-state index in [0.29, 0.717) is 28.3 Å². The smallest absolute Gasteiger partial charge is 0.294 e. The van der Waals surface area contributed by atoms with Crippen molar-refractivity contribution < 1.29 is 30.7 Å². The first-order valence-corrected chi connectivity index (χ1v) is 16.5. The zero-order valence-corrected chi connectivity index (χ0v) is 26.6. The second kappa shape index (κ2) is 14.1. The zero-order chi connectivity index (χ0) is 32.8. The third kappa shape index (κ3) is 8.06. The number of allylic oxidation sites excluding steroid dienone is 2. The molecule has 44 heavy (non-hydrogen) atoms. The van der Waals surface area contributed by atoms with Crippen LogP contribution in [0.25, 0.3) is 11.8 Å². The fourth-order valence-corrected chi connectivity index (χ4v) is 5.22. The van der Waals surface area contributed by atoms with Crippen LogP contribution >= 0.6 is 0 Å². The highest BCUT2D eigenvalue weighted by atomic mass is 32.2. The molecule has 0 bridgehead atoms. The predicted molar refractivity (Wildman–Crippen MR) is 168 cm³/mol. The van der Waals surface area contributed by atoms with Crippen LogP contribution in [0, 0.1) is 6.92 Å². The minimum Gasteiger partial charge on any atom is -0.304 e. The van der Waals surface area contributed by atoms with Crippen molar-refractivity contribution in [2.45, 2.75) is 44.4 Å². The summed E-state index contributed by atoms with van der Waals surface area (Å²) in [5, 5.41) is 8.17. The van der Waals surface area contributed by atoms with Gasteiger partial charge in [0.2, 0.25) is 0 Å². The maximum Gasteiger partial charge on any atom is 0.294 e. The van der Waals surface area contributed by atoms with E-state index in [4.69, 9.17) is 9.11 Å². The molecule has 13 nitrogen and oxygen atoms in total. The Morgan fingerprint density at radius 1 is 0.818 bits per heavy atom. The van der Waals surface area contributed by atoms with E-state index < -0.39 is 31.7 Å². The number of nitrogens with zero attached hydrogens (tertiary/aromatic N) is 4. The molecule has 0 fully saturated rings. The molecule has 236 valence electrons. The minimum absolute atomic E-state index is 0.254. The molecule has 0 spiro atoms. The van der Waals surface area contributed by atoms with Crippen molar-refractivity contribution in [2.75, 3.05) is 24.6 Å². The van der Waals surface area contributed by atoms with Crippen LogP contribution in [0.3, 0.4) is 0 Å². The second-order valence-corrected chi connectivity index (χ2v) is 12.4. The number of carbonyl (C=O) groups excluding carboxylic acids is 1. The van der Waals surface area contributed by atoms with Crippen LogP contribution in [0.15, 0.2) is 85.9 Å². The average Bonchev–Trinajstić information content (AvgIpc) is 3.42. The Morgan fingerprint density at radius 3 is 1.73 bits per heavy atom. The molecule has 1 aliphatic rings. The van der Waals surface area contributed by atoms with Gasteiger partial charge in [-0.1, -0.05) is 26.8 Å². The van der Waals surface area contributed by atoms with Crippen LogP contribution in [-0.4, -0.2) is 71.9 Å². The number of anilines is 1. The number of hydrazone groups is 1. The lowest BCUT2D eigenvalue weighted by atomic mass is 10.1. The van der Waals surface area contributed by atoms with Gasteiger partial charge < -0.3 is 4.90 Å². The molecule has 0 saturated carbocycles. The Balaban J connectivity index is 0.000000676. The maximum atomic E-state index is 12.9. The second-order valence-electron chi connectivity index (χ2n) is 9.59. The van der Waals surface area contributed by atoms with Crippen LogP contribution in [0.4, 0.5) is 5.69 Å². The van der Waals surface area contributed by atoms with Gasteiger partial charge in [-0.25, -0.2) is 4.68 Å². The number of H-pyrrole nitrogens is 1. The molecule has 0 saturated heterocycles. The van der Waals surface area contributed by atoms with E-state index in [1.165, 1.54) is 78.9 Å². The van der Waals surface area contributed by atoms with E-state index in [1.807, 2.05) is 0 Å². The maximum absolute atomic E-state index is 12.9. The topological polar surface area (TPSA) is 182 Å². The summed E-state index contributed by atoms with van der Waals surface area (Å²) in [6, 6.07) is 10.1. The molecular weight excluding hydrogens is 610 g/mol. The number of aryl methyl sites for hydroxylation is 1. The van der Waals surface area contributed by atoms with Gasteiger partial charge in [-0.05, 0) is 94.2 Å². The molecule has 1 aliphatic heterocycles. The highest BCUT2D eigenvalue weighted by molar-refractivity contribution is 7.86. The summed E-state index contributed by atoms with van der Waals surface area (Å²) in [5.41, 5.74) is 1.70. The summed E-state index contributed by atoms with van der Waals surface area (Å²) in [4.78, 5) is 27.5. The van der Waals surface area contributed by atoms with Crippen LogP contribution in [0.5, 0.6) is 0 Å². The Morgan fingerprint density at radius 2 is 1.30 bits per heavy atom. The lowest BCUT2D eigenvalue weighted by Crippen LogP contribution is -2.21. The van der Waals surface area contributed by atoms with Crippen molar-refractivity contribution >= 4 is 43.6 Å². The van der Waals surface area contributed by atoms with Gasteiger partial charge >= 0.3 is 0 Å². The van der Waals surface area contributed by atoms with Gasteiger partial charge in [0.25, 0.3) is 31.7 Å². The Hall–Kier alpha value is -4.15. The molecule has 1 aromatic heterocycles. The molecule has 0 radical (unpaired) electrons. The monoisotopic (exact) mass is 645 g/mol. The van der Waals surface area contributed by atoms with Crippen LogP contribution < -0.4 is 10.6 Å². The predicted octanol–water partition coefficient (Wildman–Crippen LogP) is 3.68. The molecular formula is C29H35N5O8S2. The third-order valence-electron chi connectivity index (χ3n) is 6.82. The van der Waals surface area contributed by atoms with Crippen molar-refractivity contribution in [1.82, 2.24) is 14.7 Å². The Labute approximate surface area is 256 Å². The van der Waals surface area contributed by atoms with E-state index in [2.05, 4.69) is 35.9 Å². The van der Waals surface area contributed by atoms with E-state index in [0.717, 1.165) is 17.1 Å². The standard InChI is InChI=1S/C23H20N4O8S2.C6H15N/c1-14-20(22(28)26(24-14)16-6-10-18(11-7-16)36(30,31)32)4-3-5-21-15(2)25-27(23(21)29)17-8-12-19(13-9-17)37(33,34)35;1-4-7(5-2)6-3/h3-13,24H,1-2H3,(H,30,31,32)(H,33,34,35);4-6H2,1-3H3/b4-3+,21-5-;. The molecule has 3 N–H and O–H groups in total. The Kier molecular flexibility index (Phi) is 11.0.